The Bertz CT molecular complexity index is 608. The first-order valence-corrected chi connectivity index (χ1v) is 6.06. The molecule has 4 heteroatoms. The zero-order chi connectivity index (χ0) is 13.8. The topological polar surface area (TPSA) is 67.2 Å². The van der Waals surface area contributed by atoms with Gasteiger partial charge in [0.1, 0.15) is 0 Å². The van der Waals surface area contributed by atoms with E-state index in [2.05, 4.69) is 10.7 Å². The Labute approximate surface area is 112 Å². The summed E-state index contributed by atoms with van der Waals surface area (Å²) in [4.78, 5) is 12.3. The second kappa shape index (κ2) is 5.54. The minimum absolute atomic E-state index is 0.178. The van der Waals surface area contributed by atoms with E-state index in [1.54, 1.807) is 6.07 Å². The van der Waals surface area contributed by atoms with E-state index in [1.807, 2.05) is 50.2 Å². The number of hydrazine groups is 1. The Morgan fingerprint density at radius 3 is 2.47 bits per heavy atom. The molecule has 2 aromatic carbocycles. The molecule has 4 N–H and O–H groups in total. The molecule has 0 bridgehead atoms. The van der Waals surface area contributed by atoms with Crippen molar-refractivity contribution in [1.82, 2.24) is 0 Å². The second-order valence-electron chi connectivity index (χ2n) is 4.46. The van der Waals surface area contributed by atoms with Gasteiger partial charge in [-0.25, -0.2) is 0 Å². The van der Waals surface area contributed by atoms with Gasteiger partial charge < -0.3 is 10.7 Å². The van der Waals surface area contributed by atoms with E-state index in [4.69, 9.17) is 5.84 Å². The van der Waals surface area contributed by atoms with Crippen molar-refractivity contribution in [2.45, 2.75) is 13.8 Å². The van der Waals surface area contributed by atoms with Crippen LogP contribution in [-0.2, 0) is 0 Å². The zero-order valence-electron chi connectivity index (χ0n) is 11.0. The Morgan fingerprint density at radius 1 is 1.05 bits per heavy atom. The number of nitrogen functional groups attached to an aromatic ring is 1. The SMILES string of the molecule is Cc1ccc(C(=O)Nc2ccccc2C)c(NN)c1. The number of nitrogens with one attached hydrogen (secondary N) is 2. The first-order valence-electron chi connectivity index (χ1n) is 6.06. The van der Waals surface area contributed by atoms with Crippen molar-refractivity contribution in [3.63, 3.8) is 0 Å². The van der Waals surface area contributed by atoms with Crippen LogP contribution in [0.1, 0.15) is 21.5 Å². The summed E-state index contributed by atoms with van der Waals surface area (Å²) < 4.78 is 0. The molecule has 2 rings (SSSR count). The lowest BCUT2D eigenvalue weighted by atomic mass is 10.1. The summed E-state index contributed by atoms with van der Waals surface area (Å²) >= 11 is 0. The van der Waals surface area contributed by atoms with Crippen LogP contribution in [0.3, 0.4) is 0 Å². The lowest BCUT2D eigenvalue weighted by Crippen LogP contribution is -2.17. The van der Waals surface area contributed by atoms with Gasteiger partial charge in [0.05, 0.1) is 11.3 Å². The molecular weight excluding hydrogens is 238 g/mol. The second-order valence-corrected chi connectivity index (χ2v) is 4.46. The monoisotopic (exact) mass is 255 g/mol. The molecule has 0 heterocycles. The van der Waals surface area contributed by atoms with Gasteiger partial charge in [-0.2, -0.15) is 0 Å². The van der Waals surface area contributed by atoms with Gasteiger partial charge in [0.25, 0.3) is 5.91 Å². The summed E-state index contributed by atoms with van der Waals surface area (Å²) in [6, 6.07) is 13.1. The van der Waals surface area contributed by atoms with Gasteiger partial charge in [-0.1, -0.05) is 24.3 Å². The Hall–Kier alpha value is -2.33. The highest BCUT2D eigenvalue weighted by atomic mass is 16.1. The number of hydrogen-bond acceptors (Lipinski definition) is 3. The first-order chi connectivity index (χ1) is 9.11. The van der Waals surface area contributed by atoms with Crippen LogP contribution in [0.5, 0.6) is 0 Å². The van der Waals surface area contributed by atoms with Crippen molar-refractivity contribution in [2.24, 2.45) is 5.84 Å². The van der Waals surface area contributed by atoms with E-state index in [-0.39, 0.29) is 5.91 Å². The summed E-state index contributed by atoms with van der Waals surface area (Å²) in [5.41, 5.74) is 6.56. The molecule has 0 fully saturated rings. The molecule has 0 spiro atoms. The molecule has 0 aliphatic carbocycles. The van der Waals surface area contributed by atoms with Crippen LogP contribution in [0.4, 0.5) is 11.4 Å². The standard InChI is InChI=1S/C15H17N3O/c1-10-7-8-12(14(9-10)18-16)15(19)17-13-6-4-3-5-11(13)2/h3-9,18H,16H2,1-2H3,(H,17,19). The van der Waals surface area contributed by atoms with Crippen LogP contribution < -0.4 is 16.6 Å². The third kappa shape index (κ3) is 2.92. The quantitative estimate of drug-likeness (QED) is 0.583. The number of hydrogen-bond donors (Lipinski definition) is 3. The lowest BCUT2D eigenvalue weighted by Gasteiger charge is -2.12. The van der Waals surface area contributed by atoms with E-state index >= 15 is 0 Å². The van der Waals surface area contributed by atoms with E-state index in [0.29, 0.717) is 11.3 Å². The maximum absolute atomic E-state index is 12.3. The van der Waals surface area contributed by atoms with Gasteiger partial charge in [-0.3, -0.25) is 10.6 Å². The maximum Gasteiger partial charge on any atom is 0.257 e. The largest absolute Gasteiger partial charge is 0.323 e. The van der Waals surface area contributed by atoms with E-state index < -0.39 is 0 Å². The molecule has 4 nitrogen and oxygen atoms in total. The van der Waals surface area contributed by atoms with Gasteiger partial charge in [-0.15, -0.1) is 0 Å². The zero-order valence-corrected chi connectivity index (χ0v) is 11.0. The van der Waals surface area contributed by atoms with Crippen molar-refractivity contribution in [2.75, 3.05) is 10.7 Å². The number of rotatable bonds is 3. The molecule has 2 aromatic rings. The van der Waals surface area contributed by atoms with E-state index in [9.17, 15) is 4.79 Å². The lowest BCUT2D eigenvalue weighted by molar-refractivity contribution is 0.102. The average molecular weight is 255 g/mol. The number of nitrogens with two attached hydrogens (primary N) is 1. The van der Waals surface area contributed by atoms with Crippen LogP contribution in [0.25, 0.3) is 0 Å². The minimum atomic E-state index is -0.178. The molecule has 98 valence electrons. The summed E-state index contributed by atoms with van der Waals surface area (Å²) in [5, 5.41) is 2.89. The molecule has 0 aliphatic rings. The fraction of sp³-hybridized carbons (Fsp3) is 0.133. The molecule has 0 radical (unpaired) electrons. The van der Waals surface area contributed by atoms with Gasteiger partial charge in [0.15, 0.2) is 0 Å². The summed E-state index contributed by atoms with van der Waals surface area (Å²) in [6.45, 7) is 3.90. The van der Waals surface area contributed by atoms with Crippen molar-refractivity contribution in [1.29, 1.82) is 0 Å². The summed E-state index contributed by atoms with van der Waals surface area (Å²) in [5.74, 6) is 5.27. The fourth-order valence-corrected chi connectivity index (χ4v) is 1.88. The van der Waals surface area contributed by atoms with Crippen molar-refractivity contribution >= 4 is 17.3 Å². The predicted octanol–water partition coefficient (Wildman–Crippen LogP) is 2.84. The maximum atomic E-state index is 12.3. The molecule has 0 saturated carbocycles. The van der Waals surface area contributed by atoms with Crippen molar-refractivity contribution in [3.05, 3.63) is 59.2 Å². The summed E-state index contributed by atoms with van der Waals surface area (Å²) in [6.07, 6.45) is 0. The molecule has 0 aliphatic heterocycles. The number of carbonyl (C=O) groups excluding carboxylic acids is 1. The number of anilines is 2. The minimum Gasteiger partial charge on any atom is -0.323 e. The van der Waals surface area contributed by atoms with E-state index in [0.717, 1.165) is 16.8 Å². The number of benzene rings is 2. The van der Waals surface area contributed by atoms with Crippen LogP contribution in [0.2, 0.25) is 0 Å². The highest BCUT2D eigenvalue weighted by Crippen LogP contribution is 2.20. The van der Waals surface area contributed by atoms with Gasteiger partial charge in [0.2, 0.25) is 0 Å². The third-order valence-corrected chi connectivity index (χ3v) is 2.97. The van der Waals surface area contributed by atoms with Crippen LogP contribution >= 0.6 is 0 Å². The molecule has 0 saturated heterocycles. The number of aryl methyl sites for hydroxylation is 2. The van der Waals surface area contributed by atoms with Crippen LogP contribution in [0, 0.1) is 13.8 Å². The number of carbonyl (C=O) groups is 1. The number of amides is 1. The smallest absolute Gasteiger partial charge is 0.257 e. The normalized spacial score (nSPS) is 10.1. The molecule has 0 aromatic heterocycles. The third-order valence-electron chi connectivity index (χ3n) is 2.97. The molecular formula is C15H17N3O. The Morgan fingerprint density at radius 2 is 1.79 bits per heavy atom. The highest BCUT2D eigenvalue weighted by Gasteiger charge is 2.11. The number of para-hydroxylation sites is 1. The van der Waals surface area contributed by atoms with Crippen molar-refractivity contribution in [3.8, 4) is 0 Å². The van der Waals surface area contributed by atoms with Crippen LogP contribution in [0.15, 0.2) is 42.5 Å². The van der Waals surface area contributed by atoms with Crippen LogP contribution in [-0.4, -0.2) is 5.91 Å². The highest BCUT2D eigenvalue weighted by molar-refractivity contribution is 6.08. The Balaban J connectivity index is 2.28. The van der Waals surface area contributed by atoms with Gasteiger partial charge >= 0.3 is 0 Å². The molecule has 0 unspecified atom stereocenters. The summed E-state index contributed by atoms with van der Waals surface area (Å²) in [7, 11) is 0. The van der Waals surface area contributed by atoms with Gasteiger partial charge in [0, 0.05) is 5.69 Å². The van der Waals surface area contributed by atoms with Crippen molar-refractivity contribution < 1.29 is 4.79 Å². The average Bonchev–Trinajstić information content (AvgIpc) is 2.41. The van der Waals surface area contributed by atoms with E-state index in [1.165, 1.54) is 0 Å². The molecule has 19 heavy (non-hydrogen) atoms. The molecule has 1 amide bonds. The predicted molar refractivity (Wildman–Crippen MR) is 78.1 cm³/mol. The first kappa shape index (κ1) is 13.1. The fourth-order valence-electron chi connectivity index (χ4n) is 1.88. The Kier molecular flexibility index (Phi) is 3.82. The van der Waals surface area contributed by atoms with Gasteiger partial charge in [-0.05, 0) is 43.2 Å². The molecule has 0 atom stereocenters.